The first-order chi connectivity index (χ1) is 11.6. The Hall–Kier alpha value is -2.13. The number of allylic oxidation sites excluding steroid dienone is 4. The van der Waals surface area contributed by atoms with Crippen LogP contribution in [-0.4, -0.2) is 29.0 Å². The first-order valence-corrected chi connectivity index (χ1v) is 8.50. The molecule has 2 unspecified atom stereocenters. The summed E-state index contributed by atoms with van der Waals surface area (Å²) < 4.78 is 0. The first-order valence-electron chi connectivity index (χ1n) is 8.50. The van der Waals surface area contributed by atoms with Gasteiger partial charge in [0, 0.05) is 19.4 Å². The van der Waals surface area contributed by atoms with Crippen LogP contribution in [0.25, 0.3) is 0 Å². The summed E-state index contributed by atoms with van der Waals surface area (Å²) >= 11 is 0. The van der Waals surface area contributed by atoms with E-state index in [1.165, 1.54) is 0 Å². The molecule has 1 N–H and O–H groups in total. The number of rotatable bonds is 7. The van der Waals surface area contributed by atoms with E-state index in [2.05, 4.69) is 25.7 Å². The largest absolute Gasteiger partial charge is 0.386 e. The van der Waals surface area contributed by atoms with Crippen molar-refractivity contribution in [3.8, 4) is 0 Å². The van der Waals surface area contributed by atoms with Crippen LogP contribution in [0.2, 0.25) is 0 Å². The number of benzene rings is 1. The molecule has 1 aromatic rings. The standard InChI is InChI=1S/C21H27NO2/c1-4-5-15-19(23)22(3)20(18-14-10-9-11-16(18)2)21(24)17-12-7-6-8-13-17/h4,6-14,16,18,20-21,24H,1,5,15H2,2-3H3/t16?,18?,20-,21-/m1/s1. The summed E-state index contributed by atoms with van der Waals surface area (Å²) in [6.45, 7) is 5.80. The number of amides is 1. The Morgan fingerprint density at radius 2 is 1.96 bits per heavy atom. The molecule has 0 aliphatic heterocycles. The third-order valence-corrected chi connectivity index (χ3v) is 4.73. The minimum Gasteiger partial charge on any atom is -0.386 e. The third-order valence-electron chi connectivity index (χ3n) is 4.73. The highest BCUT2D eigenvalue weighted by atomic mass is 16.3. The van der Waals surface area contributed by atoms with E-state index in [9.17, 15) is 9.90 Å². The molecule has 24 heavy (non-hydrogen) atoms. The zero-order valence-corrected chi connectivity index (χ0v) is 14.5. The number of hydrogen-bond acceptors (Lipinski definition) is 2. The topological polar surface area (TPSA) is 40.5 Å². The van der Waals surface area contributed by atoms with Crippen molar-refractivity contribution in [1.29, 1.82) is 0 Å². The van der Waals surface area contributed by atoms with Crippen LogP contribution in [0.1, 0.15) is 31.4 Å². The highest BCUT2D eigenvalue weighted by molar-refractivity contribution is 5.76. The van der Waals surface area contributed by atoms with Crippen molar-refractivity contribution < 1.29 is 9.90 Å². The molecular weight excluding hydrogens is 298 g/mol. The smallest absolute Gasteiger partial charge is 0.222 e. The van der Waals surface area contributed by atoms with E-state index in [1.54, 1.807) is 18.0 Å². The van der Waals surface area contributed by atoms with Crippen molar-refractivity contribution in [3.63, 3.8) is 0 Å². The summed E-state index contributed by atoms with van der Waals surface area (Å²) in [5.74, 6) is 0.362. The number of carbonyl (C=O) groups excluding carboxylic acids is 1. The lowest BCUT2D eigenvalue weighted by atomic mass is 9.79. The zero-order valence-electron chi connectivity index (χ0n) is 14.5. The van der Waals surface area contributed by atoms with Crippen LogP contribution >= 0.6 is 0 Å². The number of nitrogens with zero attached hydrogens (tertiary/aromatic N) is 1. The van der Waals surface area contributed by atoms with Gasteiger partial charge in [0.1, 0.15) is 0 Å². The van der Waals surface area contributed by atoms with E-state index in [-0.39, 0.29) is 23.8 Å². The van der Waals surface area contributed by atoms with Crippen LogP contribution in [0.3, 0.4) is 0 Å². The predicted octanol–water partition coefficient (Wildman–Crippen LogP) is 3.89. The fourth-order valence-corrected chi connectivity index (χ4v) is 3.26. The lowest BCUT2D eigenvalue weighted by Gasteiger charge is -2.39. The highest BCUT2D eigenvalue weighted by Gasteiger charge is 2.36. The zero-order chi connectivity index (χ0) is 17.5. The van der Waals surface area contributed by atoms with Crippen molar-refractivity contribution in [3.05, 3.63) is 72.9 Å². The first kappa shape index (κ1) is 18.2. The fraction of sp³-hybridized carbons (Fsp3) is 0.381. The fourth-order valence-electron chi connectivity index (χ4n) is 3.26. The van der Waals surface area contributed by atoms with E-state index in [4.69, 9.17) is 0 Å². The van der Waals surface area contributed by atoms with Gasteiger partial charge >= 0.3 is 0 Å². The number of likely N-dealkylation sites (N-methyl/N-ethyl adjacent to an activating group) is 1. The lowest BCUT2D eigenvalue weighted by Crippen LogP contribution is -2.47. The maximum atomic E-state index is 12.6. The molecule has 3 heteroatoms. The molecule has 0 saturated heterocycles. The van der Waals surface area contributed by atoms with Gasteiger partial charge in [0.15, 0.2) is 0 Å². The monoisotopic (exact) mass is 325 g/mol. The Morgan fingerprint density at radius 3 is 2.58 bits per heavy atom. The van der Waals surface area contributed by atoms with Gasteiger partial charge in [0.05, 0.1) is 12.1 Å². The summed E-state index contributed by atoms with van der Waals surface area (Å²) in [5, 5.41) is 11.0. The third kappa shape index (κ3) is 4.24. The SMILES string of the molecule is C=CCCC(=O)N(C)[C@H](C1C=CC=CC1C)[C@H](O)c1ccccc1. The van der Waals surface area contributed by atoms with Crippen molar-refractivity contribution in [2.45, 2.75) is 31.9 Å². The number of aliphatic hydroxyl groups excluding tert-OH is 1. The van der Waals surface area contributed by atoms with E-state index in [0.29, 0.717) is 12.8 Å². The minimum absolute atomic E-state index is 0.0324. The highest BCUT2D eigenvalue weighted by Crippen LogP contribution is 2.33. The van der Waals surface area contributed by atoms with Crippen LogP contribution in [-0.2, 0) is 4.79 Å². The number of hydrogen-bond donors (Lipinski definition) is 1. The van der Waals surface area contributed by atoms with Gasteiger partial charge in [0.2, 0.25) is 5.91 Å². The molecule has 0 spiro atoms. The van der Waals surface area contributed by atoms with E-state index < -0.39 is 6.10 Å². The Kier molecular flexibility index (Phi) is 6.56. The minimum atomic E-state index is -0.729. The Labute approximate surface area is 145 Å². The molecule has 0 fully saturated rings. The molecule has 3 nitrogen and oxygen atoms in total. The quantitative estimate of drug-likeness (QED) is 0.773. The normalized spacial score (nSPS) is 22.0. The molecular formula is C21H27NO2. The molecule has 1 aromatic carbocycles. The average molecular weight is 325 g/mol. The van der Waals surface area contributed by atoms with Crippen LogP contribution in [0.4, 0.5) is 0 Å². The molecule has 1 aliphatic rings. The van der Waals surface area contributed by atoms with Crippen LogP contribution < -0.4 is 0 Å². The summed E-state index contributed by atoms with van der Waals surface area (Å²) in [4.78, 5) is 14.3. The van der Waals surface area contributed by atoms with Gasteiger partial charge in [0.25, 0.3) is 0 Å². The second-order valence-electron chi connectivity index (χ2n) is 6.38. The predicted molar refractivity (Wildman–Crippen MR) is 98.3 cm³/mol. The van der Waals surface area contributed by atoms with Crippen LogP contribution in [0, 0.1) is 11.8 Å². The molecule has 128 valence electrons. The summed E-state index contributed by atoms with van der Waals surface area (Å²) in [6, 6.07) is 9.26. The van der Waals surface area contributed by atoms with Gasteiger partial charge in [-0.1, -0.05) is 67.6 Å². The van der Waals surface area contributed by atoms with Gasteiger partial charge in [-0.25, -0.2) is 0 Å². The van der Waals surface area contributed by atoms with Crippen molar-refractivity contribution in [2.75, 3.05) is 7.05 Å². The van der Waals surface area contributed by atoms with Gasteiger partial charge in [-0.15, -0.1) is 6.58 Å². The molecule has 1 amide bonds. The summed E-state index contributed by atoms with van der Waals surface area (Å²) in [7, 11) is 1.79. The molecule has 2 rings (SSSR count). The molecule has 1 aliphatic carbocycles. The summed E-state index contributed by atoms with van der Waals surface area (Å²) in [5.41, 5.74) is 0.834. The van der Waals surface area contributed by atoms with Crippen molar-refractivity contribution in [2.24, 2.45) is 11.8 Å². The molecule has 0 heterocycles. The Balaban J connectivity index is 2.30. The molecule has 0 saturated carbocycles. The number of carbonyl (C=O) groups is 1. The van der Waals surface area contributed by atoms with E-state index >= 15 is 0 Å². The van der Waals surface area contributed by atoms with Gasteiger partial charge < -0.3 is 10.0 Å². The lowest BCUT2D eigenvalue weighted by molar-refractivity contribution is -0.136. The van der Waals surface area contributed by atoms with E-state index in [0.717, 1.165) is 5.56 Å². The van der Waals surface area contributed by atoms with E-state index in [1.807, 2.05) is 42.5 Å². The average Bonchev–Trinajstić information content (AvgIpc) is 2.62. The van der Waals surface area contributed by atoms with Crippen LogP contribution in [0.5, 0.6) is 0 Å². The maximum Gasteiger partial charge on any atom is 0.222 e. The van der Waals surface area contributed by atoms with Gasteiger partial charge in [-0.05, 0) is 17.9 Å². The summed E-state index contributed by atoms with van der Waals surface area (Å²) in [6.07, 6.45) is 10.3. The van der Waals surface area contributed by atoms with Crippen LogP contribution in [0.15, 0.2) is 67.3 Å². The number of aliphatic hydroxyl groups is 1. The molecule has 0 bridgehead atoms. The van der Waals surface area contributed by atoms with Gasteiger partial charge in [-0.3, -0.25) is 4.79 Å². The van der Waals surface area contributed by atoms with Crippen molar-refractivity contribution in [1.82, 2.24) is 4.90 Å². The van der Waals surface area contributed by atoms with Gasteiger partial charge in [-0.2, -0.15) is 0 Å². The van der Waals surface area contributed by atoms with Crippen molar-refractivity contribution >= 4 is 5.91 Å². The Morgan fingerprint density at radius 1 is 1.29 bits per heavy atom. The second-order valence-corrected chi connectivity index (χ2v) is 6.38. The second kappa shape index (κ2) is 8.65. The molecule has 4 atom stereocenters. The molecule has 0 radical (unpaired) electrons. The maximum absolute atomic E-state index is 12.6. The molecule has 0 aromatic heterocycles. The Bertz CT molecular complexity index is 606.